The van der Waals surface area contributed by atoms with Gasteiger partial charge < -0.3 is 9.47 Å². The van der Waals surface area contributed by atoms with Crippen LogP contribution in [0.15, 0.2) is 9.98 Å². The van der Waals surface area contributed by atoms with Crippen LogP contribution in [-0.2, 0) is 14.3 Å². The summed E-state index contributed by atoms with van der Waals surface area (Å²) in [4.78, 5) is 41.6. The molecule has 0 spiro atoms. The minimum atomic E-state index is -0.712. The molecule has 2 rings (SSSR count). The van der Waals surface area contributed by atoms with Gasteiger partial charge in [0.2, 0.25) is 5.78 Å². The number of thiazole rings is 1. The molecule has 0 aromatic carbocycles. The van der Waals surface area contributed by atoms with Crippen LogP contribution in [0, 0.1) is 0 Å². The van der Waals surface area contributed by atoms with Crippen LogP contribution in [0.4, 0.5) is 4.79 Å². The topological polar surface area (TPSA) is 85.8 Å². The summed E-state index contributed by atoms with van der Waals surface area (Å²) in [5.41, 5.74) is -0.637. The van der Waals surface area contributed by atoms with Gasteiger partial charge in [-0.25, -0.2) is 14.6 Å². The SMILES string of the molecule is CC(C)(C)OC(=O)N1CCC[C@H]1C(=O)OCC(=O)c1ncc(Br)s1. The van der Waals surface area contributed by atoms with Crippen molar-refractivity contribution in [1.29, 1.82) is 0 Å². The van der Waals surface area contributed by atoms with Gasteiger partial charge in [-0.15, -0.1) is 11.3 Å². The fourth-order valence-corrected chi connectivity index (χ4v) is 3.36. The first-order chi connectivity index (χ1) is 11.2. The smallest absolute Gasteiger partial charge is 0.411 e. The van der Waals surface area contributed by atoms with Crippen LogP contribution in [0.5, 0.6) is 0 Å². The van der Waals surface area contributed by atoms with Crippen molar-refractivity contribution in [2.45, 2.75) is 45.3 Å². The highest BCUT2D eigenvalue weighted by Crippen LogP contribution is 2.22. The molecule has 1 atom stereocenters. The molecule has 1 aromatic heterocycles. The fraction of sp³-hybridized carbons (Fsp3) is 0.600. The summed E-state index contributed by atoms with van der Waals surface area (Å²) in [5.74, 6) is -0.969. The number of Topliss-reactive ketones (excluding diaryl/α,β-unsaturated/α-hetero) is 1. The van der Waals surface area contributed by atoms with Gasteiger partial charge in [0.15, 0.2) is 11.6 Å². The number of halogens is 1. The van der Waals surface area contributed by atoms with Gasteiger partial charge in [0.25, 0.3) is 0 Å². The van der Waals surface area contributed by atoms with Gasteiger partial charge in [0, 0.05) is 6.54 Å². The summed E-state index contributed by atoms with van der Waals surface area (Å²) in [6, 6.07) is -0.712. The number of carbonyl (C=O) groups is 3. The number of likely N-dealkylation sites (tertiary alicyclic amines) is 1. The third-order valence-corrected chi connectivity index (χ3v) is 4.73. The zero-order valence-electron chi connectivity index (χ0n) is 13.7. The average molecular weight is 419 g/mol. The van der Waals surface area contributed by atoms with E-state index in [0.717, 1.165) is 3.79 Å². The largest absolute Gasteiger partial charge is 0.456 e. The minimum Gasteiger partial charge on any atom is -0.456 e. The molecule has 2 heterocycles. The molecule has 1 fully saturated rings. The molecule has 0 bridgehead atoms. The number of aromatic nitrogens is 1. The highest BCUT2D eigenvalue weighted by Gasteiger charge is 2.37. The Morgan fingerprint density at radius 3 is 2.71 bits per heavy atom. The van der Waals surface area contributed by atoms with E-state index < -0.39 is 30.3 Å². The van der Waals surface area contributed by atoms with Crippen molar-refractivity contribution in [1.82, 2.24) is 9.88 Å². The van der Waals surface area contributed by atoms with Gasteiger partial charge >= 0.3 is 12.1 Å². The Kier molecular flexibility index (Phi) is 5.97. The van der Waals surface area contributed by atoms with Crippen LogP contribution in [0.3, 0.4) is 0 Å². The number of hydrogen-bond acceptors (Lipinski definition) is 7. The maximum absolute atomic E-state index is 12.2. The van der Waals surface area contributed by atoms with Crippen molar-refractivity contribution in [3.05, 3.63) is 15.0 Å². The van der Waals surface area contributed by atoms with Gasteiger partial charge in [-0.3, -0.25) is 9.69 Å². The van der Waals surface area contributed by atoms with Crippen molar-refractivity contribution in [3.8, 4) is 0 Å². The summed E-state index contributed by atoms with van der Waals surface area (Å²) in [5, 5.41) is 0.269. The molecule has 1 amide bonds. The van der Waals surface area contributed by atoms with E-state index in [4.69, 9.17) is 9.47 Å². The second kappa shape index (κ2) is 7.60. The van der Waals surface area contributed by atoms with Gasteiger partial charge in [-0.1, -0.05) is 0 Å². The third-order valence-electron chi connectivity index (χ3n) is 3.21. The van der Waals surface area contributed by atoms with E-state index in [1.54, 1.807) is 20.8 Å². The molecule has 9 heteroatoms. The van der Waals surface area contributed by atoms with Crippen LogP contribution in [0.2, 0.25) is 0 Å². The van der Waals surface area contributed by atoms with E-state index in [1.807, 2.05) is 0 Å². The van der Waals surface area contributed by atoms with Gasteiger partial charge in [0.05, 0.1) is 9.98 Å². The Hall–Kier alpha value is -1.48. The van der Waals surface area contributed by atoms with Crippen LogP contribution in [0.25, 0.3) is 0 Å². The van der Waals surface area contributed by atoms with Crippen LogP contribution in [-0.4, -0.2) is 52.5 Å². The number of amides is 1. The van der Waals surface area contributed by atoms with Crippen molar-refractivity contribution < 1.29 is 23.9 Å². The first-order valence-electron chi connectivity index (χ1n) is 7.48. The molecule has 0 aliphatic carbocycles. The Morgan fingerprint density at radius 1 is 1.42 bits per heavy atom. The third kappa shape index (κ3) is 5.01. The number of ketones is 1. The van der Waals surface area contributed by atoms with Crippen LogP contribution < -0.4 is 0 Å². The summed E-state index contributed by atoms with van der Waals surface area (Å²) in [7, 11) is 0. The molecule has 0 saturated carbocycles. The molecule has 1 saturated heterocycles. The lowest BCUT2D eigenvalue weighted by Crippen LogP contribution is -2.44. The van der Waals surface area contributed by atoms with Crippen molar-refractivity contribution in [2.24, 2.45) is 0 Å². The Labute approximate surface area is 152 Å². The lowest BCUT2D eigenvalue weighted by molar-refractivity contribution is -0.147. The number of ether oxygens (including phenoxy) is 2. The lowest BCUT2D eigenvalue weighted by atomic mass is 10.2. The second-order valence-corrected chi connectivity index (χ2v) is 8.74. The van der Waals surface area contributed by atoms with E-state index >= 15 is 0 Å². The first-order valence-corrected chi connectivity index (χ1v) is 9.09. The molecular formula is C15H19BrN2O5S. The number of esters is 1. The summed E-state index contributed by atoms with van der Waals surface area (Å²) >= 11 is 4.39. The monoisotopic (exact) mass is 418 g/mol. The standard InChI is InChI=1S/C15H19BrN2O5S/c1-15(2,3)23-14(21)18-6-4-5-9(18)13(20)22-8-10(19)12-17-7-11(16)24-12/h7,9H,4-6,8H2,1-3H3/t9-/m0/s1. The fourth-order valence-electron chi connectivity index (χ4n) is 2.23. The van der Waals surface area contributed by atoms with E-state index in [0.29, 0.717) is 19.4 Å². The quantitative estimate of drug-likeness (QED) is 0.551. The molecule has 132 valence electrons. The number of hydrogen-bond donors (Lipinski definition) is 0. The second-order valence-electron chi connectivity index (χ2n) is 6.33. The Morgan fingerprint density at radius 2 is 2.12 bits per heavy atom. The van der Waals surface area contributed by atoms with Gasteiger partial charge in [-0.05, 0) is 49.5 Å². The summed E-state index contributed by atoms with van der Waals surface area (Å²) in [6.45, 7) is 5.33. The number of rotatable bonds is 4. The molecule has 7 nitrogen and oxygen atoms in total. The highest BCUT2D eigenvalue weighted by atomic mass is 79.9. The normalized spacial score (nSPS) is 17.7. The Balaban J connectivity index is 1.91. The minimum absolute atomic E-state index is 0.269. The van der Waals surface area contributed by atoms with E-state index in [2.05, 4.69) is 20.9 Å². The molecule has 1 aliphatic heterocycles. The Bertz CT molecular complexity index is 640. The molecular weight excluding hydrogens is 400 g/mol. The molecule has 0 N–H and O–H groups in total. The van der Waals surface area contributed by atoms with Crippen LogP contribution in [0.1, 0.15) is 43.4 Å². The lowest BCUT2D eigenvalue weighted by Gasteiger charge is -2.27. The average Bonchev–Trinajstić information content (AvgIpc) is 3.11. The predicted molar refractivity (Wildman–Crippen MR) is 91.1 cm³/mol. The van der Waals surface area contributed by atoms with Crippen molar-refractivity contribution >= 4 is 45.1 Å². The van der Waals surface area contributed by atoms with E-state index in [-0.39, 0.29) is 10.8 Å². The predicted octanol–water partition coefficient (Wildman–Crippen LogP) is 3.03. The molecule has 0 unspecified atom stereocenters. The molecule has 1 aliphatic rings. The maximum Gasteiger partial charge on any atom is 0.411 e. The van der Waals surface area contributed by atoms with Crippen molar-refractivity contribution in [2.75, 3.05) is 13.2 Å². The molecule has 0 radical (unpaired) electrons. The molecule has 24 heavy (non-hydrogen) atoms. The summed E-state index contributed by atoms with van der Waals surface area (Å²) in [6.07, 6.45) is 2.15. The summed E-state index contributed by atoms with van der Waals surface area (Å²) < 4.78 is 11.1. The van der Waals surface area contributed by atoms with Gasteiger partial charge in [-0.2, -0.15) is 0 Å². The first kappa shape index (κ1) is 18.9. The zero-order chi connectivity index (χ0) is 17.9. The van der Waals surface area contributed by atoms with E-state index in [9.17, 15) is 14.4 Å². The van der Waals surface area contributed by atoms with Crippen LogP contribution >= 0.6 is 27.3 Å². The number of nitrogens with zero attached hydrogens (tertiary/aromatic N) is 2. The van der Waals surface area contributed by atoms with Crippen molar-refractivity contribution in [3.63, 3.8) is 0 Å². The zero-order valence-corrected chi connectivity index (χ0v) is 16.1. The van der Waals surface area contributed by atoms with E-state index in [1.165, 1.54) is 22.4 Å². The van der Waals surface area contributed by atoms with Gasteiger partial charge in [0.1, 0.15) is 11.6 Å². The highest BCUT2D eigenvalue weighted by molar-refractivity contribution is 9.11. The molecule has 1 aromatic rings. The number of carbonyl (C=O) groups excluding carboxylic acids is 3. The maximum atomic E-state index is 12.2.